The Bertz CT molecular complexity index is 1340. The molecule has 3 aromatic heterocycles. The highest BCUT2D eigenvalue weighted by Crippen LogP contribution is 2.29. The van der Waals surface area contributed by atoms with Crippen molar-refractivity contribution in [3.63, 3.8) is 0 Å². The number of H-pyrrole nitrogens is 2. The van der Waals surface area contributed by atoms with Crippen molar-refractivity contribution in [1.29, 1.82) is 0 Å². The second-order valence-electron chi connectivity index (χ2n) is 7.11. The van der Waals surface area contributed by atoms with Gasteiger partial charge in [0.25, 0.3) is 0 Å². The average Bonchev–Trinajstić information content (AvgIpc) is 3.31. The summed E-state index contributed by atoms with van der Waals surface area (Å²) in [5.41, 5.74) is 5.50. The number of hydrogen-bond donors (Lipinski definition) is 3. The van der Waals surface area contributed by atoms with Crippen LogP contribution >= 0.6 is 15.9 Å². The van der Waals surface area contributed by atoms with Crippen LogP contribution in [-0.4, -0.2) is 34.0 Å². The van der Waals surface area contributed by atoms with Gasteiger partial charge >= 0.3 is 0 Å². The first-order valence-corrected chi connectivity index (χ1v) is 10.2. The third kappa shape index (κ3) is 3.57. The molecule has 0 spiro atoms. The van der Waals surface area contributed by atoms with E-state index in [9.17, 15) is 0 Å². The molecular formula is C22H19BrN6O. The van der Waals surface area contributed by atoms with Gasteiger partial charge in [-0.05, 0) is 64.5 Å². The first-order valence-electron chi connectivity index (χ1n) is 9.41. The molecule has 0 aliphatic heterocycles. The fourth-order valence-corrected chi connectivity index (χ4v) is 3.56. The number of fused-ring (bicyclic) bond motifs is 2. The maximum absolute atomic E-state index is 5.99. The number of aromatic amines is 2. The van der Waals surface area contributed by atoms with Crippen molar-refractivity contribution in [2.75, 3.05) is 24.3 Å². The molecule has 0 fully saturated rings. The van der Waals surface area contributed by atoms with Gasteiger partial charge in [0.2, 0.25) is 5.95 Å². The summed E-state index contributed by atoms with van der Waals surface area (Å²) in [5.74, 6) is 2.15. The Hall–Kier alpha value is -3.52. The van der Waals surface area contributed by atoms with Crippen molar-refractivity contribution in [2.24, 2.45) is 0 Å². The molecule has 0 atom stereocenters. The number of aromatic nitrogens is 4. The van der Waals surface area contributed by atoms with Crippen LogP contribution in [0.1, 0.15) is 0 Å². The van der Waals surface area contributed by atoms with Crippen LogP contribution in [0.2, 0.25) is 0 Å². The molecule has 7 nitrogen and oxygen atoms in total. The second kappa shape index (κ2) is 7.38. The minimum absolute atomic E-state index is 0.639. The lowest BCUT2D eigenvalue weighted by Gasteiger charge is -2.13. The van der Waals surface area contributed by atoms with Crippen LogP contribution in [0.25, 0.3) is 22.1 Å². The van der Waals surface area contributed by atoms with Crippen molar-refractivity contribution in [2.45, 2.75) is 0 Å². The van der Waals surface area contributed by atoms with Gasteiger partial charge in [-0.1, -0.05) is 0 Å². The van der Waals surface area contributed by atoms with Gasteiger partial charge in [0.1, 0.15) is 21.6 Å². The molecule has 0 saturated carbocycles. The number of benzene rings is 2. The summed E-state index contributed by atoms with van der Waals surface area (Å²) in [7, 11) is 4.02. The molecule has 5 aromatic rings. The highest BCUT2D eigenvalue weighted by Gasteiger charge is 2.10. The number of nitrogens with zero attached hydrogens (tertiary/aromatic N) is 3. The molecular weight excluding hydrogens is 444 g/mol. The Morgan fingerprint density at radius 2 is 1.70 bits per heavy atom. The van der Waals surface area contributed by atoms with Crippen molar-refractivity contribution in [3.8, 4) is 11.5 Å². The van der Waals surface area contributed by atoms with Crippen LogP contribution < -0.4 is 15.0 Å². The van der Waals surface area contributed by atoms with E-state index in [0.29, 0.717) is 5.95 Å². The summed E-state index contributed by atoms with van der Waals surface area (Å²) in [4.78, 5) is 17.7. The van der Waals surface area contributed by atoms with E-state index < -0.39 is 0 Å². The Labute approximate surface area is 181 Å². The maximum Gasteiger partial charge on any atom is 0.205 e. The van der Waals surface area contributed by atoms with Crippen molar-refractivity contribution in [1.82, 2.24) is 19.9 Å². The summed E-state index contributed by atoms with van der Waals surface area (Å²) in [5, 5.41) is 3.30. The molecule has 2 aromatic carbocycles. The maximum atomic E-state index is 5.99. The SMILES string of the molecule is CN(C)c1ccc(Oc2ccc3[nH]c(Nc4c[nH]c5ccc(Br)nc45)nc3c2)cc1. The minimum Gasteiger partial charge on any atom is -0.457 e. The number of nitrogens with one attached hydrogen (secondary N) is 3. The monoisotopic (exact) mass is 462 g/mol. The summed E-state index contributed by atoms with van der Waals surface area (Å²) in [6.07, 6.45) is 1.88. The summed E-state index contributed by atoms with van der Waals surface area (Å²) < 4.78 is 6.77. The lowest BCUT2D eigenvalue weighted by atomic mass is 10.2. The van der Waals surface area contributed by atoms with Gasteiger partial charge in [-0.2, -0.15) is 0 Å². The van der Waals surface area contributed by atoms with E-state index in [4.69, 9.17) is 4.74 Å². The second-order valence-corrected chi connectivity index (χ2v) is 7.92. The third-order valence-corrected chi connectivity index (χ3v) is 5.23. The molecule has 3 heterocycles. The number of hydrogen-bond acceptors (Lipinski definition) is 5. The van der Waals surface area contributed by atoms with Gasteiger partial charge in [-0.3, -0.25) is 0 Å². The van der Waals surface area contributed by atoms with E-state index in [1.165, 1.54) is 0 Å². The van der Waals surface area contributed by atoms with Gasteiger partial charge in [0.15, 0.2) is 0 Å². The van der Waals surface area contributed by atoms with Crippen LogP contribution in [0.15, 0.2) is 65.4 Å². The minimum atomic E-state index is 0.639. The number of halogens is 1. The standard InChI is InChI=1S/C22H19BrN6O/c1-29(2)13-3-5-14(6-4-13)30-15-7-8-16-18(11-15)26-22(25-16)27-19-12-24-17-9-10-20(23)28-21(17)19/h3-12,24H,1-2H3,(H2,25,26,27). The Morgan fingerprint density at radius 1 is 0.933 bits per heavy atom. The highest BCUT2D eigenvalue weighted by molar-refractivity contribution is 9.10. The molecule has 0 amide bonds. The van der Waals surface area contributed by atoms with Gasteiger partial charge < -0.3 is 24.9 Å². The molecule has 8 heteroatoms. The Kier molecular flexibility index (Phi) is 4.55. The highest BCUT2D eigenvalue weighted by atomic mass is 79.9. The van der Waals surface area contributed by atoms with Crippen LogP contribution in [0, 0.1) is 0 Å². The summed E-state index contributed by atoms with van der Waals surface area (Å²) >= 11 is 3.42. The number of pyridine rings is 1. The zero-order valence-corrected chi connectivity index (χ0v) is 18.0. The molecule has 3 N–H and O–H groups in total. The fourth-order valence-electron chi connectivity index (χ4n) is 3.25. The fraction of sp³-hybridized carbons (Fsp3) is 0.0909. The van der Waals surface area contributed by atoms with E-state index in [2.05, 4.69) is 46.1 Å². The first kappa shape index (κ1) is 18.5. The van der Waals surface area contributed by atoms with E-state index in [1.54, 1.807) is 0 Å². The van der Waals surface area contributed by atoms with Crippen LogP contribution in [0.4, 0.5) is 17.3 Å². The van der Waals surface area contributed by atoms with Crippen LogP contribution in [-0.2, 0) is 0 Å². The van der Waals surface area contributed by atoms with Gasteiger partial charge in [-0.15, -0.1) is 0 Å². The number of rotatable bonds is 5. The van der Waals surface area contributed by atoms with Crippen LogP contribution in [0.3, 0.4) is 0 Å². The van der Waals surface area contributed by atoms with Crippen molar-refractivity contribution >= 4 is 55.3 Å². The smallest absolute Gasteiger partial charge is 0.205 e. The Balaban J connectivity index is 1.39. The molecule has 30 heavy (non-hydrogen) atoms. The topological polar surface area (TPSA) is 81.9 Å². The van der Waals surface area contributed by atoms with E-state index in [0.717, 1.165) is 49.5 Å². The summed E-state index contributed by atoms with van der Waals surface area (Å²) in [6.45, 7) is 0. The number of ether oxygens (including phenoxy) is 1. The number of imidazole rings is 1. The molecule has 0 aliphatic rings. The van der Waals surface area contributed by atoms with E-state index in [-0.39, 0.29) is 0 Å². The van der Waals surface area contributed by atoms with E-state index in [1.807, 2.05) is 74.9 Å². The molecule has 0 unspecified atom stereocenters. The molecule has 0 saturated heterocycles. The Morgan fingerprint density at radius 3 is 2.50 bits per heavy atom. The predicted octanol–water partition coefficient (Wildman–Crippen LogP) is 5.80. The van der Waals surface area contributed by atoms with Crippen molar-refractivity contribution in [3.05, 3.63) is 65.4 Å². The molecule has 0 radical (unpaired) electrons. The number of anilines is 3. The molecule has 0 aliphatic carbocycles. The average molecular weight is 463 g/mol. The zero-order chi connectivity index (χ0) is 20.7. The van der Waals surface area contributed by atoms with Crippen molar-refractivity contribution < 1.29 is 4.74 Å². The van der Waals surface area contributed by atoms with E-state index >= 15 is 0 Å². The van der Waals surface area contributed by atoms with Gasteiger partial charge in [0.05, 0.1) is 22.2 Å². The largest absolute Gasteiger partial charge is 0.457 e. The van der Waals surface area contributed by atoms with Gasteiger partial charge in [-0.25, -0.2) is 9.97 Å². The lowest BCUT2D eigenvalue weighted by molar-refractivity contribution is 0.483. The quantitative estimate of drug-likeness (QED) is 0.287. The van der Waals surface area contributed by atoms with Gasteiger partial charge in [0, 0.05) is 32.0 Å². The third-order valence-electron chi connectivity index (χ3n) is 4.78. The normalized spacial score (nSPS) is 11.2. The first-order chi connectivity index (χ1) is 14.5. The van der Waals surface area contributed by atoms with Crippen LogP contribution in [0.5, 0.6) is 11.5 Å². The summed E-state index contributed by atoms with van der Waals surface area (Å²) in [6, 6.07) is 17.6. The molecule has 150 valence electrons. The lowest BCUT2D eigenvalue weighted by Crippen LogP contribution is -2.07. The molecule has 5 rings (SSSR count). The molecule has 0 bridgehead atoms. The predicted molar refractivity (Wildman–Crippen MR) is 124 cm³/mol. The zero-order valence-electron chi connectivity index (χ0n) is 16.4.